The first-order valence-electron chi connectivity index (χ1n) is 7.10. The molecule has 124 valence electrons. The van der Waals surface area contributed by atoms with Crippen molar-refractivity contribution < 1.29 is 9.47 Å². The summed E-state index contributed by atoms with van der Waals surface area (Å²) in [6, 6.07) is 14.8. The van der Waals surface area contributed by atoms with Gasteiger partial charge in [0.05, 0.1) is 19.8 Å². The number of ether oxygens (including phenoxy) is 2. The van der Waals surface area contributed by atoms with Crippen LogP contribution in [0, 0.1) is 0 Å². The molecule has 1 N–H and O–H groups in total. The Hall–Kier alpha value is -2.60. The number of aromatic amines is 1. The molecule has 0 radical (unpaired) electrons. The fraction of sp³-hybridized carbons (Fsp3) is 0.111. The van der Waals surface area contributed by atoms with Crippen LogP contribution in [0.25, 0.3) is 22.5 Å². The number of halogens is 1. The van der Waals surface area contributed by atoms with Gasteiger partial charge in [-0.15, -0.1) is 17.0 Å². The zero-order valence-corrected chi connectivity index (χ0v) is 15.0. The monoisotopic (exact) mass is 388 g/mol. The third-order valence-corrected chi connectivity index (χ3v) is 3.54. The lowest BCUT2D eigenvalue weighted by Crippen LogP contribution is -2.11. The highest BCUT2D eigenvalue weighted by Crippen LogP contribution is 2.31. The van der Waals surface area contributed by atoms with E-state index in [1.165, 1.54) is 0 Å². The molecular weight excluding hydrogens is 372 g/mol. The van der Waals surface area contributed by atoms with Crippen molar-refractivity contribution in [3.05, 3.63) is 65.1 Å². The highest BCUT2D eigenvalue weighted by atomic mass is 79.9. The summed E-state index contributed by atoms with van der Waals surface area (Å²) in [5, 5.41) is 0. The van der Waals surface area contributed by atoms with E-state index in [9.17, 15) is 4.79 Å². The molecule has 0 spiro atoms. The topological polar surface area (TPSA) is 64.2 Å². The van der Waals surface area contributed by atoms with Crippen molar-refractivity contribution in [2.75, 3.05) is 14.2 Å². The minimum Gasteiger partial charge on any atom is -0.493 e. The number of hydrogen-bond acceptors (Lipinski definition) is 4. The van der Waals surface area contributed by atoms with E-state index in [0.29, 0.717) is 22.9 Å². The highest BCUT2D eigenvalue weighted by molar-refractivity contribution is 8.93. The zero-order chi connectivity index (χ0) is 16.2. The van der Waals surface area contributed by atoms with Crippen LogP contribution in [0.5, 0.6) is 11.5 Å². The molecule has 3 aromatic rings. The molecule has 24 heavy (non-hydrogen) atoms. The van der Waals surface area contributed by atoms with Crippen LogP contribution in [-0.4, -0.2) is 24.2 Å². The second-order valence-corrected chi connectivity index (χ2v) is 4.91. The van der Waals surface area contributed by atoms with Crippen LogP contribution in [0.1, 0.15) is 0 Å². The SMILES string of the molecule is Br.COc1ccc(-c2cnc(-c3ccccc3)[nH]c2=O)cc1OC. The number of aromatic nitrogens is 2. The Morgan fingerprint density at radius 2 is 1.62 bits per heavy atom. The normalized spacial score (nSPS) is 9.92. The van der Waals surface area contributed by atoms with Crippen LogP contribution in [0.2, 0.25) is 0 Å². The van der Waals surface area contributed by atoms with Crippen LogP contribution in [-0.2, 0) is 0 Å². The maximum atomic E-state index is 12.4. The number of rotatable bonds is 4. The van der Waals surface area contributed by atoms with Gasteiger partial charge in [-0.3, -0.25) is 4.79 Å². The van der Waals surface area contributed by atoms with E-state index in [0.717, 1.165) is 11.1 Å². The van der Waals surface area contributed by atoms with Gasteiger partial charge in [-0.05, 0) is 17.7 Å². The largest absolute Gasteiger partial charge is 0.493 e. The summed E-state index contributed by atoms with van der Waals surface area (Å²) in [5.74, 6) is 1.72. The van der Waals surface area contributed by atoms with Gasteiger partial charge in [-0.2, -0.15) is 0 Å². The minimum absolute atomic E-state index is 0. The van der Waals surface area contributed by atoms with E-state index in [1.54, 1.807) is 38.6 Å². The number of nitrogens with zero attached hydrogens (tertiary/aromatic N) is 1. The second-order valence-electron chi connectivity index (χ2n) is 4.91. The molecule has 1 heterocycles. The molecule has 5 nitrogen and oxygen atoms in total. The third-order valence-electron chi connectivity index (χ3n) is 3.54. The predicted octanol–water partition coefficient (Wildman–Crippen LogP) is 3.70. The summed E-state index contributed by atoms with van der Waals surface area (Å²) < 4.78 is 10.5. The molecule has 0 bridgehead atoms. The average Bonchev–Trinajstić information content (AvgIpc) is 2.61. The van der Waals surface area contributed by atoms with E-state index in [2.05, 4.69) is 9.97 Å². The number of hydrogen-bond donors (Lipinski definition) is 1. The molecule has 1 aromatic heterocycles. The highest BCUT2D eigenvalue weighted by Gasteiger charge is 2.10. The summed E-state index contributed by atoms with van der Waals surface area (Å²) in [6.07, 6.45) is 1.57. The van der Waals surface area contributed by atoms with Crippen molar-refractivity contribution in [2.45, 2.75) is 0 Å². The van der Waals surface area contributed by atoms with Crippen LogP contribution >= 0.6 is 17.0 Å². The number of methoxy groups -OCH3 is 2. The van der Waals surface area contributed by atoms with E-state index in [4.69, 9.17) is 9.47 Å². The van der Waals surface area contributed by atoms with Crippen molar-refractivity contribution in [3.8, 4) is 34.0 Å². The summed E-state index contributed by atoms with van der Waals surface area (Å²) >= 11 is 0. The number of H-pyrrole nitrogens is 1. The molecule has 0 fully saturated rings. The second kappa shape index (κ2) is 7.79. The summed E-state index contributed by atoms with van der Waals surface area (Å²) in [7, 11) is 3.13. The molecule has 0 amide bonds. The lowest BCUT2D eigenvalue weighted by atomic mass is 10.1. The molecule has 0 unspecified atom stereocenters. The molecule has 0 aliphatic carbocycles. The molecule has 0 saturated heterocycles. The molecule has 0 atom stereocenters. The molecule has 0 aliphatic rings. The summed E-state index contributed by atoms with van der Waals surface area (Å²) in [6.45, 7) is 0. The Labute approximate surface area is 150 Å². The Morgan fingerprint density at radius 1 is 0.917 bits per heavy atom. The van der Waals surface area contributed by atoms with E-state index >= 15 is 0 Å². The first-order valence-corrected chi connectivity index (χ1v) is 7.10. The van der Waals surface area contributed by atoms with Crippen LogP contribution in [0.3, 0.4) is 0 Å². The lowest BCUT2D eigenvalue weighted by Gasteiger charge is -2.09. The Balaban J connectivity index is 0.00000208. The van der Waals surface area contributed by atoms with Crippen LogP contribution < -0.4 is 15.0 Å². The average molecular weight is 389 g/mol. The molecule has 3 rings (SSSR count). The van der Waals surface area contributed by atoms with Crippen molar-refractivity contribution in [1.29, 1.82) is 0 Å². The van der Waals surface area contributed by atoms with Gasteiger partial charge in [-0.1, -0.05) is 36.4 Å². The predicted molar refractivity (Wildman–Crippen MR) is 99.2 cm³/mol. The Kier molecular flexibility index (Phi) is 5.76. The molecule has 0 saturated carbocycles. The van der Waals surface area contributed by atoms with Gasteiger partial charge in [-0.25, -0.2) is 4.98 Å². The summed E-state index contributed by atoms with van der Waals surface area (Å²) in [4.78, 5) is 19.6. The maximum Gasteiger partial charge on any atom is 0.259 e. The smallest absolute Gasteiger partial charge is 0.259 e. The van der Waals surface area contributed by atoms with Crippen molar-refractivity contribution in [2.24, 2.45) is 0 Å². The molecule has 2 aromatic carbocycles. The van der Waals surface area contributed by atoms with Gasteiger partial charge in [0.15, 0.2) is 11.5 Å². The van der Waals surface area contributed by atoms with Gasteiger partial charge >= 0.3 is 0 Å². The third kappa shape index (κ3) is 3.49. The maximum absolute atomic E-state index is 12.4. The van der Waals surface area contributed by atoms with E-state index in [-0.39, 0.29) is 22.5 Å². The van der Waals surface area contributed by atoms with E-state index < -0.39 is 0 Å². The van der Waals surface area contributed by atoms with Gasteiger partial charge in [0, 0.05) is 11.8 Å². The zero-order valence-electron chi connectivity index (χ0n) is 13.3. The lowest BCUT2D eigenvalue weighted by molar-refractivity contribution is 0.355. The van der Waals surface area contributed by atoms with Crippen molar-refractivity contribution in [1.82, 2.24) is 9.97 Å². The number of benzene rings is 2. The van der Waals surface area contributed by atoms with Gasteiger partial charge in [0.2, 0.25) is 0 Å². The quantitative estimate of drug-likeness (QED) is 0.739. The Morgan fingerprint density at radius 3 is 2.25 bits per heavy atom. The van der Waals surface area contributed by atoms with Crippen molar-refractivity contribution >= 4 is 17.0 Å². The first-order chi connectivity index (χ1) is 11.2. The molecular formula is C18H17BrN2O3. The standard InChI is InChI=1S/C18H16N2O3.BrH/c1-22-15-9-8-13(10-16(15)23-2)14-11-19-17(20-18(14)21)12-6-4-3-5-7-12;/h3-11H,1-2H3,(H,19,20,21);1H. The van der Waals surface area contributed by atoms with Gasteiger partial charge in [0.1, 0.15) is 5.82 Å². The summed E-state index contributed by atoms with van der Waals surface area (Å²) in [5.41, 5.74) is 1.86. The van der Waals surface area contributed by atoms with Crippen molar-refractivity contribution in [3.63, 3.8) is 0 Å². The van der Waals surface area contributed by atoms with Crippen LogP contribution in [0.15, 0.2) is 59.5 Å². The van der Waals surface area contributed by atoms with Gasteiger partial charge < -0.3 is 14.5 Å². The molecule has 6 heteroatoms. The number of nitrogens with one attached hydrogen (secondary N) is 1. The first kappa shape index (κ1) is 17.7. The van der Waals surface area contributed by atoms with E-state index in [1.807, 2.05) is 30.3 Å². The fourth-order valence-corrected chi connectivity index (χ4v) is 2.35. The molecule has 0 aliphatic heterocycles. The Bertz CT molecular complexity index is 879. The van der Waals surface area contributed by atoms with Crippen LogP contribution in [0.4, 0.5) is 0 Å². The minimum atomic E-state index is -0.203. The fourth-order valence-electron chi connectivity index (χ4n) is 2.35. The van der Waals surface area contributed by atoms with Gasteiger partial charge in [0.25, 0.3) is 5.56 Å².